The lowest BCUT2D eigenvalue weighted by atomic mass is 10.1. The van der Waals surface area contributed by atoms with Crippen LogP contribution in [0.3, 0.4) is 0 Å². The number of rotatable bonds is 4. The Bertz CT molecular complexity index is 723. The average molecular weight is 482 g/mol. The van der Waals surface area contributed by atoms with Crippen molar-refractivity contribution in [3.8, 4) is 0 Å². The van der Waals surface area contributed by atoms with Gasteiger partial charge in [-0.2, -0.15) is 0 Å². The quantitative estimate of drug-likeness (QED) is 0.413. The zero-order valence-corrected chi connectivity index (χ0v) is 17.9. The van der Waals surface area contributed by atoms with E-state index >= 15 is 0 Å². The van der Waals surface area contributed by atoms with Crippen molar-refractivity contribution in [2.24, 2.45) is 4.99 Å². The standard InChI is InChI=1S/C20H26N4O2.HI/c1-21-20(22-12-17-8-5-10-25-17)24-14-18-19(15-24)26-11-9-23(18)13-16-6-3-2-4-7-16;/h2-8,10,18-19H,9,11-15H2,1H3,(H,21,22);1H. The molecule has 2 atom stereocenters. The number of nitrogens with one attached hydrogen (secondary N) is 1. The van der Waals surface area contributed by atoms with Crippen molar-refractivity contribution in [2.75, 3.05) is 33.3 Å². The van der Waals surface area contributed by atoms with Gasteiger partial charge in [-0.05, 0) is 17.7 Å². The minimum atomic E-state index is 0. The monoisotopic (exact) mass is 482 g/mol. The molecule has 2 saturated heterocycles. The van der Waals surface area contributed by atoms with Gasteiger partial charge in [0.05, 0.1) is 31.6 Å². The molecule has 1 aromatic carbocycles. The van der Waals surface area contributed by atoms with Crippen LogP contribution >= 0.6 is 24.0 Å². The van der Waals surface area contributed by atoms with Gasteiger partial charge in [0.2, 0.25) is 0 Å². The number of benzene rings is 1. The van der Waals surface area contributed by atoms with E-state index in [1.165, 1.54) is 5.56 Å². The molecule has 27 heavy (non-hydrogen) atoms. The number of furan rings is 1. The summed E-state index contributed by atoms with van der Waals surface area (Å²) in [5, 5.41) is 3.40. The van der Waals surface area contributed by atoms with Crippen LogP contribution in [0.2, 0.25) is 0 Å². The van der Waals surface area contributed by atoms with Gasteiger partial charge >= 0.3 is 0 Å². The number of ether oxygens (including phenoxy) is 1. The molecule has 2 aromatic rings. The molecule has 7 heteroatoms. The number of aliphatic imine (C=N–C) groups is 1. The molecular formula is C20H27IN4O2. The molecule has 0 amide bonds. The molecule has 2 fully saturated rings. The van der Waals surface area contributed by atoms with Crippen LogP contribution in [0.25, 0.3) is 0 Å². The third kappa shape index (κ3) is 4.83. The van der Waals surface area contributed by atoms with E-state index < -0.39 is 0 Å². The Morgan fingerprint density at radius 3 is 2.78 bits per heavy atom. The molecule has 2 unspecified atom stereocenters. The predicted octanol–water partition coefficient (Wildman–Crippen LogP) is 2.56. The van der Waals surface area contributed by atoms with E-state index in [0.717, 1.165) is 44.5 Å². The van der Waals surface area contributed by atoms with Crippen LogP contribution in [-0.4, -0.2) is 61.2 Å². The molecule has 2 aliphatic heterocycles. The molecule has 6 nitrogen and oxygen atoms in total. The van der Waals surface area contributed by atoms with Gasteiger partial charge in [0, 0.05) is 33.2 Å². The lowest BCUT2D eigenvalue weighted by Crippen LogP contribution is -2.50. The summed E-state index contributed by atoms with van der Waals surface area (Å²) in [5.41, 5.74) is 1.35. The van der Waals surface area contributed by atoms with E-state index in [1.54, 1.807) is 6.26 Å². The van der Waals surface area contributed by atoms with Crippen LogP contribution in [0.1, 0.15) is 11.3 Å². The topological polar surface area (TPSA) is 53.2 Å². The Balaban J connectivity index is 0.00000210. The minimum Gasteiger partial charge on any atom is -0.467 e. The molecule has 0 aliphatic carbocycles. The molecular weight excluding hydrogens is 455 g/mol. The molecule has 0 radical (unpaired) electrons. The van der Waals surface area contributed by atoms with E-state index in [-0.39, 0.29) is 30.1 Å². The largest absolute Gasteiger partial charge is 0.467 e. The SMILES string of the molecule is CN=C(NCc1ccco1)N1CC2OCCN(Cc3ccccc3)C2C1.I. The number of hydrogen-bond donors (Lipinski definition) is 1. The van der Waals surface area contributed by atoms with Crippen molar-refractivity contribution in [1.82, 2.24) is 15.1 Å². The van der Waals surface area contributed by atoms with E-state index in [0.29, 0.717) is 12.6 Å². The van der Waals surface area contributed by atoms with Crippen molar-refractivity contribution >= 4 is 29.9 Å². The number of guanidine groups is 1. The summed E-state index contributed by atoms with van der Waals surface area (Å²) >= 11 is 0. The Kier molecular flexibility index (Phi) is 7.14. The van der Waals surface area contributed by atoms with Gasteiger partial charge in [0.25, 0.3) is 0 Å². The van der Waals surface area contributed by atoms with Crippen molar-refractivity contribution in [1.29, 1.82) is 0 Å². The second kappa shape index (κ2) is 9.57. The van der Waals surface area contributed by atoms with Crippen LogP contribution in [0.4, 0.5) is 0 Å². The highest BCUT2D eigenvalue weighted by molar-refractivity contribution is 14.0. The first-order valence-corrected chi connectivity index (χ1v) is 9.21. The fourth-order valence-electron chi connectivity index (χ4n) is 3.86. The molecule has 2 aliphatic rings. The van der Waals surface area contributed by atoms with E-state index in [9.17, 15) is 0 Å². The summed E-state index contributed by atoms with van der Waals surface area (Å²) in [5.74, 6) is 1.81. The number of halogens is 1. The Hall–Kier alpha value is -1.58. The van der Waals surface area contributed by atoms with Crippen LogP contribution in [0.15, 0.2) is 58.1 Å². The first-order valence-electron chi connectivity index (χ1n) is 9.21. The van der Waals surface area contributed by atoms with Gasteiger partial charge in [0.15, 0.2) is 5.96 Å². The van der Waals surface area contributed by atoms with Crippen LogP contribution in [0.5, 0.6) is 0 Å². The highest BCUT2D eigenvalue weighted by Crippen LogP contribution is 2.24. The molecule has 1 aromatic heterocycles. The predicted molar refractivity (Wildman–Crippen MR) is 116 cm³/mol. The zero-order valence-electron chi connectivity index (χ0n) is 15.6. The fraction of sp³-hybridized carbons (Fsp3) is 0.450. The van der Waals surface area contributed by atoms with E-state index in [2.05, 4.69) is 50.4 Å². The first-order chi connectivity index (χ1) is 12.8. The minimum absolute atomic E-state index is 0. The van der Waals surface area contributed by atoms with Gasteiger partial charge in [-0.25, -0.2) is 0 Å². The maximum Gasteiger partial charge on any atom is 0.194 e. The third-order valence-corrected chi connectivity index (χ3v) is 5.16. The second-order valence-electron chi connectivity index (χ2n) is 6.82. The molecule has 4 rings (SSSR count). The van der Waals surface area contributed by atoms with Gasteiger partial charge in [-0.15, -0.1) is 24.0 Å². The maximum absolute atomic E-state index is 6.06. The van der Waals surface area contributed by atoms with Crippen molar-refractivity contribution in [3.05, 3.63) is 60.1 Å². The summed E-state index contributed by atoms with van der Waals surface area (Å²) in [6.07, 6.45) is 1.93. The fourth-order valence-corrected chi connectivity index (χ4v) is 3.86. The number of likely N-dealkylation sites (tertiary alicyclic amines) is 1. The summed E-state index contributed by atoms with van der Waals surface area (Å²) in [7, 11) is 1.83. The van der Waals surface area contributed by atoms with Crippen LogP contribution in [-0.2, 0) is 17.8 Å². The van der Waals surface area contributed by atoms with Crippen LogP contribution in [0, 0.1) is 0 Å². The number of fused-ring (bicyclic) bond motifs is 1. The smallest absolute Gasteiger partial charge is 0.194 e. The summed E-state index contributed by atoms with van der Waals surface area (Å²) in [6.45, 7) is 5.17. The van der Waals surface area contributed by atoms with Gasteiger partial charge in [0.1, 0.15) is 5.76 Å². The zero-order chi connectivity index (χ0) is 17.8. The molecule has 0 spiro atoms. The second-order valence-corrected chi connectivity index (χ2v) is 6.82. The lowest BCUT2D eigenvalue weighted by Gasteiger charge is -2.36. The molecule has 0 saturated carbocycles. The lowest BCUT2D eigenvalue weighted by molar-refractivity contribution is -0.0502. The van der Waals surface area contributed by atoms with Gasteiger partial charge < -0.3 is 19.4 Å². The summed E-state index contributed by atoms with van der Waals surface area (Å²) in [6, 6.07) is 14.9. The third-order valence-electron chi connectivity index (χ3n) is 5.16. The highest BCUT2D eigenvalue weighted by atomic mass is 127. The summed E-state index contributed by atoms with van der Waals surface area (Å²) in [4.78, 5) is 9.29. The first kappa shape index (κ1) is 20.2. The molecule has 146 valence electrons. The normalized spacial score (nSPS) is 23.0. The van der Waals surface area contributed by atoms with Gasteiger partial charge in [-0.3, -0.25) is 9.89 Å². The van der Waals surface area contributed by atoms with E-state index in [4.69, 9.17) is 9.15 Å². The molecule has 0 bridgehead atoms. The Labute approximate surface area is 177 Å². The number of hydrogen-bond acceptors (Lipinski definition) is 4. The Morgan fingerprint density at radius 2 is 2.04 bits per heavy atom. The van der Waals surface area contributed by atoms with Gasteiger partial charge in [-0.1, -0.05) is 30.3 Å². The van der Waals surface area contributed by atoms with Crippen molar-refractivity contribution in [2.45, 2.75) is 25.2 Å². The molecule has 1 N–H and O–H groups in total. The van der Waals surface area contributed by atoms with Crippen LogP contribution < -0.4 is 5.32 Å². The van der Waals surface area contributed by atoms with Crippen molar-refractivity contribution < 1.29 is 9.15 Å². The Morgan fingerprint density at radius 1 is 1.19 bits per heavy atom. The highest BCUT2D eigenvalue weighted by Gasteiger charge is 2.41. The van der Waals surface area contributed by atoms with E-state index in [1.807, 2.05) is 19.2 Å². The number of morpholine rings is 1. The maximum atomic E-state index is 6.06. The molecule has 3 heterocycles. The number of nitrogens with zero attached hydrogens (tertiary/aromatic N) is 3. The summed E-state index contributed by atoms with van der Waals surface area (Å²) < 4.78 is 11.5. The van der Waals surface area contributed by atoms with Crippen molar-refractivity contribution in [3.63, 3.8) is 0 Å². The average Bonchev–Trinajstić information content (AvgIpc) is 3.33.